The highest BCUT2D eigenvalue weighted by molar-refractivity contribution is 6.03. The van der Waals surface area contributed by atoms with E-state index >= 15 is 0 Å². The zero-order valence-corrected chi connectivity index (χ0v) is 22.4. The van der Waals surface area contributed by atoms with Gasteiger partial charge in [-0.3, -0.25) is 9.59 Å². The quantitative estimate of drug-likeness (QED) is 0.305. The predicted molar refractivity (Wildman–Crippen MR) is 138 cm³/mol. The number of carbonyl (C=O) groups excluding carboxylic acids is 3. The van der Waals surface area contributed by atoms with E-state index in [1.54, 1.807) is 4.90 Å². The Morgan fingerprint density at radius 2 is 1.77 bits per heavy atom. The first-order valence-corrected chi connectivity index (χ1v) is 13.1. The van der Waals surface area contributed by atoms with Crippen LogP contribution in [0.3, 0.4) is 0 Å². The smallest absolute Gasteiger partial charge is 0.326 e. The zero-order chi connectivity index (χ0) is 26.0. The van der Waals surface area contributed by atoms with Crippen molar-refractivity contribution >= 4 is 17.8 Å². The maximum absolute atomic E-state index is 13.3. The molecule has 0 saturated carbocycles. The molecule has 0 bridgehead atoms. The third kappa shape index (κ3) is 6.61. The van der Waals surface area contributed by atoms with Gasteiger partial charge < -0.3 is 20.3 Å². The van der Waals surface area contributed by atoms with Crippen molar-refractivity contribution in [2.45, 2.75) is 79.5 Å². The number of imide groups is 1. The molecule has 0 spiro atoms. The molecule has 1 heterocycles. The number of urea groups is 1. The van der Waals surface area contributed by atoms with Gasteiger partial charge in [0.2, 0.25) is 11.8 Å². The third-order valence-corrected chi connectivity index (χ3v) is 7.09. The standard InChI is InChI=1S/C27H44N4O4/c1-7-12-22(21-15-13-20(6)14-16-21)29-26(34)31-24(33)27(8-2,9-3)25(31)35-19-23(32)30(11-5)18-17-28-10-4/h13-16,22,25,28H,7-12,17-19H2,1-6H3,(H,29,34). The minimum Gasteiger partial charge on any atom is -0.347 e. The number of β-lactam (4-membered cyclic amide) rings is 1. The van der Waals surface area contributed by atoms with Crippen LogP contribution in [0.1, 0.15) is 77.5 Å². The number of carbonyl (C=O) groups is 3. The van der Waals surface area contributed by atoms with E-state index in [1.807, 2.05) is 58.9 Å². The fourth-order valence-electron chi connectivity index (χ4n) is 4.69. The van der Waals surface area contributed by atoms with Gasteiger partial charge in [0, 0.05) is 19.6 Å². The number of nitrogens with one attached hydrogen (secondary N) is 2. The van der Waals surface area contributed by atoms with Gasteiger partial charge in [0.1, 0.15) is 6.61 Å². The largest absolute Gasteiger partial charge is 0.347 e. The summed E-state index contributed by atoms with van der Waals surface area (Å²) in [6, 6.07) is 7.38. The number of amides is 4. The molecule has 2 unspecified atom stereocenters. The monoisotopic (exact) mass is 488 g/mol. The second kappa shape index (κ2) is 13.6. The highest BCUT2D eigenvalue weighted by atomic mass is 16.5. The van der Waals surface area contributed by atoms with E-state index in [2.05, 4.69) is 17.6 Å². The average molecular weight is 489 g/mol. The summed E-state index contributed by atoms with van der Waals surface area (Å²) < 4.78 is 6.03. The lowest BCUT2D eigenvalue weighted by Gasteiger charge is -2.53. The van der Waals surface area contributed by atoms with E-state index in [9.17, 15) is 14.4 Å². The maximum Gasteiger partial charge on any atom is 0.326 e. The van der Waals surface area contributed by atoms with Gasteiger partial charge >= 0.3 is 6.03 Å². The molecule has 35 heavy (non-hydrogen) atoms. The van der Waals surface area contributed by atoms with Gasteiger partial charge in [0.25, 0.3) is 0 Å². The van der Waals surface area contributed by atoms with Crippen molar-refractivity contribution in [2.24, 2.45) is 5.41 Å². The number of hydrogen-bond acceptors (Lipinski definition) is 5. The van der Waals surface area contributed by atoms with Crippen LogP contribution in [0, 0.1) is 12.3 Å². The van der Waals surface area contributed by atoms with Crippen LogP contribution in [-0.2, 0) is 14.3 Å². The van der Waals surface area contributed by atoms with Gasteiger partial charge in [-0.2, -0.15) is 0 Å². The van der Waals surface area contributed by atoms with E-state index in [0.717, 1.165) is 30.5 Å². The Morgan fingerprint density at radius 3 is 2.31 bits per heavy atom. The summed E-state index contributed by atoms with van der Waals surface area (Å²) in [6.07, 6.45) is 1.96. The van der Waals surface area contributed by atoms with Crippen LogP contribution in [-0.4, -0.2) is 66.7 Å². The van der Waals surface area contributed by atoms with E-state index in [-0.39, 0.29) is 24.5 Å². The van der Waals surface area contributed by atoms with Gasteiger partial charge in [-0.25, -0.2) is 9.69 Å². The number of benzene rings is 1. The summed E-state index contributed by atoms with van der Waals surface area (Å²) in [7, 11) is 0. The van der Waals surface area contributed by atoms with Crippen LogP contribution < -0.4 is 10.6 Å². The molecule has 1 saturated heterocycles. The zero-order valence-electron chi connectivity index (χ0n) is 22.4. The summed E-state index contributed by atoms with van der Waals surface area (Å²) >= 11 is 0. The molecule has 1 aliphatic rings. The lowest BCUT2D eigenvalue weighted by molar-refractivity contribution is -0.212. The molecule has 196 valence electrons. The van der Waals surface area contributed by atoms with Gasteiger partial charge in [0.15, 0.2) is 6.23 Å². The van der Waals surface area contributed by atoms with E-state index in [4.69, 9.17) is 4.74 Å². The normalized spacial score (nSPS) is 17.6. The summed E-state index contributed by atoms with van der Waals surface area (Å²) in [5, 5.41) is 6.26. The molecular weight excluding hydrogens is 444 g/mol. The Kier molecular flexibility index (Phi) is 11.2. The van der Waals surface area contributed by atoms with E-state index in [1.165, 1.54) is 4.90 Å². The number of nitrogens with zero attached hydrogens (tertiary/aromatic N) is 2. The molecule has 4 amide bonds. The number of hydrogen-bond donors (Lipinski definition) is 2. The molecule has 0 radical (unpaired) electrons. The van der Waals surface area contributed by atoms with Crippen molar-refractivity contribution in [3.63, 3.8) is 0 Å². The van der Waals surface area contributed by atoms with Crippen LogP contribution in [0.5, 0.6) is 0 Å². The number of ether oxygens (including phenoxy) is 1. The van der Waals surface area contributed by atoms with Gasteiger partial charge in [-0.1, -0.05) is 63.9 Å². The minimum absolute atomic E-state index is 0.144. The number of likely N-dealkylation sites (tertiary alicyclic amines) is 1. The molecule has 2 rings (SSSR count). The Labute approximate surface area is 210 Å². The van der Waals surface area contributed by atoms with Crippen molar-refractivity contribution < 1.29 is 19.1 Å². The lowest BCUT2D eigenvalue weighted by atomic mass is 9.72. The highest BCUT2D eigenvalue weighted by Crippen LogP contribution is 2.46. The molecule has 1 aliphatic heterocycles. The molecular formula is C27H44N4O4. The maximum atomic E-state index is 13.3. The first-order valence-electron chi connectivity index (χ1n) is 13.1. The summed E-state index contributed by atoms with van der Waals surface area (Å²) in [4.78, 5) is 42.2. The second-order valence-corrected chi connectivity index (χ2v) is 9.23. The van der Waals surface area contributed by atoms with Crippen LogP contribution in [0.4, 0.5) is 4.79 Å². The van der Waals surface area contributed by atoms with E-state index < -0.39 is 17.7 Å². The summed E-state index contributed by atoms with van der Waals surface area (Å²) in [5.74, 6) is -0.383. The molecule has 1 aromatic carbocycles. The Morgan fingerprint density at radius 1 is 1.11 bits per heavy atom. The van der Waals surface area contributed by atoms with Crippen molar-refractivity contribution in [3.8, 4) is 0 Å². The molecule has 8 nitrogen and oxygen atoms in total. The van der Waals surface area contributed by atoms with E-state index in [0.29, 0.717) is 32.5 Å². The Bertz CT molecular complexity index is 838. The molecule has 1 fully saturated rings. The van der Waals surface area contributed by atoms with Crippen LogP contribution in [0.25, 0.3) is 0 Å². The first-order chi connectivity index (χ1) is 16.8. The molecule has 2 N–H and O–H groups in total. The van der Waals surface area contributed by atoms with Crippen molar-refractivity contribution in [2.75, 3.05) is 32.8 Å². The molecule has 8 heteroatoms. The molecule has 2 atom stereocenters. The average Bonchev–Trinajstić information content (AvgIpc) is 2.85. The number of aryl methyl sites for hydroxylation is 1. The van der Waals surface area contributed by atoms with Crippen LogP contribution in [0.2, 0.25) is 0 Å². The molecule has 0 aliphatic carbocycles. The molecule has 0 aromatic heterocycles. The molecule has 1 aromatic rings. The Balaban J connectivity index is 2.14. The van der Waals surface area contributed by atoms with Crippen molar-refractivity contribution in [1.82, 2.24) is 20.4 Å². The topological polar surface area (TPSA) is 91.0 Å². The summed E-state index contributed by atoms with van der Waals surface area (Å²) in [5.41, 5.74) is 1.36. The fraction of sp³-hybridized carbons (Fsp3) is 0.667. The van der Waals surface area contributed by atoms with Gasteiger partial charge in [0.05, 0.1) is 11.5 Å². The predicted octanol–water partition coefficient (Wildman–Crippen LogP) is 4.00. The second-order valence-electron chi connectivity index (χ2n) is 9.23. The van der Waals surface area contributed by atoms with Gasteiger partial charge in [-0.05, 0) is 45.2 Å². The third-order valence-electron chi connectivity index (χ3n) is 7.09. The van der Waals surface area contributed by atoms with Crippen molar-refractivity contribution in [1.29, 1.82) is 0 Å². The Hall–Kier alpha value is -2.45. The van der Waals surface area contributed by atoms with Crippen molar-refractivity contribution in [3.05, 3.63) is 35.4 Å². The number of rotatable bonds is 14. The number of likely N-dealkylation sites (N-methyl/N-ethyl adjacent to an activating group) is 2. The lowest BCUT2D eigenvalue weighted by Crippen LogP contribution is -2.72. The SMILES string of the molecule is CCCC(NC(=O)N1C(=O)C(CC)(CC)C1OCC(=O)N(CC)CCNCC)c1ccc(C)cc1. The van der Waals surface area contributed by atoms with Gasteiger partial charge in [-0.15, -0.1) is 0 Å². The highest BCUT2D eigenvalue weighted by Gasteiger charge is 2.62. The van der Waals surface area contributed by atoms with Crippen LogP contribution >= 0.6 is 0 Å². The van der Waals surface area contributed by atoms with Crippen LogP contribution in [0.15, 0.2) is 24.3 Å². The fourth-order valence-corrected chi connectivity index (χ4v) is 4.69. The minimum atomic E-state index is -0.789. The summed E-state index contributed by atoms with van der Waals surface area (Å²) in [6.45, 7) is 14.4. The first kappa shape index (κ1) is 28.8.